The number of benzene rings is 2. The van der Waals surface area contributed by atoms with Gasteiger partial charge in [0.15, 0.2) is 6.10 Å². The number of thioether (sulfide) groups is 1. The fourth-order valence-corrected chi connectivity index (χ4v) is 3.50. The number of hydrogen-bond acceptors (Lipinski definition) is 3. The molecule has 0 radical (unpaired) electrons. The molecule has 1 unspecified atom stereocenters. The summed E-state index contributed by atoms with van der Waals surface area (Å²) in [5.74, 6) is 0.687. The van der Waals surface area contributed by atoms with Gasteiger partial charge in [0, 0.05) is 16.5 Å². The van der Waals surface area contributed by atoms with Crippen LogP contribution in [0.1, 0.15) is 31.4 Å². The van der Waals surface area contributed by atoms with Gasteiger partial charge in [-0.15, -0.1) is 11.8 Å². The van der Waals surface area contributed by atoms with Crippen molar-refractivity contribution in [3.63, 3.8) is 0 Å². The molecule has 0 saturated heterocycles. The molecule has 2 aromatic carbocycles. The summed E-state index contributed by atoms with van der Waals surface area (Å²) in [7, 11) is 0. The molecule has 0 saturated carbocycles. The van der Waals surface area contributed by atoms with Crippen LogP contribution in [-0.4, -0.2) is 18.3 Å². The van der Waals surface area contributed by atoms with Crippen molar-refractivity contribution in [2.24, 2.45) is 0 Å². The van der Waals surface area contributed by atoms with E-state index in [1.54, 1.807) is 17.8 Å². The van der Waals surface area contributed by atoms with Gasteiger partial charge in [-0.3, -0.25) is 4.79 Å². The Labute approximate surface area is 159 Å². The Hall–Kier alpha value is -1.65. The van der Waals surface area contributed by atoms with E-state index in [-0.39, 0.29) is 5.91 Å². The molecule has 2 aromatic rings. The third-order valence-corrected chi connectivity index (χ3v) is 4.98. The van der Waals surface area contributed by atoms with Crippen LogP contribution in [-0.2, 0) is 17.8 Å². The molecule has 0 fully saturated rings. The first-order valence-electron chi connectivity index (χ1n) is 8.52. The lowest BCUT2D eigenvalue weighted by atomic mass is 10.0. The van der Waals surface area contributed by atoms with E-state index in [4.69, 9.17) is 16.3 Å². The largest absolute Gasteiger partial charge is 0.480 e. The van der Waals surface area contributed by atoms with Crippen molar-refractivity contribution in [3.05, 3.63) is 58.6 Å². The Morgan fingerprint density at radius 2 is 2.04 bits per heavy atom. The Morgan fingerprint density at radius 1 is 1.28 bits per heavy atom. The maximum Gasteiger partial charge on any atom is 0.261 e. The van der Waals surface area contributed by atoms with E-state index < -0.39 is 6.10 Å². The Balaban J connectivity index is 0.00000109. The Bertz CT molecular complexity index is 721. The van der Waals surface area contributed by atoms with Crippen molar-refractivity contribution in [2.75, 3.05) is 6.26 Å². The average molecular weight is 378 g/mol. The second-order valence-electron chi connectivity index (χ2n) is 5.43. The first kappa shape index (κ1) is 19.7. The van der Waals surface area contributed by atoms with Crippen LogP contribution >= 0.6 is 23.4 Å². The van der Waals surface area contributed by atoms with Gasteiger partial charge in [0.05, 0.1) is 0 Å². The minimum Gasteiger partial charge on any atom is -0.480 e. The number of halogens is 1. The normalized spacial score (nSPS) is 15.3. The molecule has 1 aliphatic heterocycles. The van der Waals surface area contributed by atoms with Crippen molar-refractivity contribution in [3.8, 4) is 5.75 Å². The van der Waals surface area contributed by atoms with Crippen LogP contribution in [0.2, 0.25) is 5.02 Å². The van der Waals surface area contributed by atoms with Crippen molar-refractivity contribution in [2.45, 2.75) is 44.2 Å². The highest BCUT2D eigenvalue weighted by Crippen LogP contribution is 2.30. The van der Waals surface area contributed by atoms with Crippen LogP contribution in [0.15, 0.2) is 47.4 Å². The molecule has 0 bridgehead atoms. The van der Waals surface area contributed by atoms with E-state index in [0.717, 1.165) is 23.3 Å². The number of rotatable bonds is 4. The summed E-state index contributed by atoms with van der Waals surface area (Å²) in [6.07, 6.45) is 3.07. The lowest BCUT2D eigenvalue weighted by Gasteiger charge is -2.25. The van der Waals surface area contributed by atoms with Gasteiger partial charge in [0.1, 0.15) is 5.75 Å². The number of ether oxygens (including phenoxy) is 1. The fraction of sp³-hybridized carbons (Fsp3) is 0.350. The Kier molecular flexibility index (Phi) is 7.66. The van der Waals surface area contributed by atoms with Gasteiger partial charge in [0.2, 0.25) is 0 Å². The highest BCUT2D eigenvalue weighted by atomic mass is 35.5. The van der Waals surface area contributed by atoms with E-state index in [0.29, 0.717) is 18.0 Å². The molecule has 1 amide bonds. The SMILES string of the molecule is CC.CSc1ccccc1CNC(=O)C1CCc2cc(Cl)ccc2O1. The van der Waals surface area contributed by atoms with Gasteiger partial charge in [-0.05, 0) is 54.5 Å². The van der Waals surface area contributed by atoms with E-state index in [1.165, 1.54) is 4.90 Å². The number of aryl methyl sites for hydroxylation is 1. The number of hydrogen-bond donors (Lipinski definition) is 1. The third-order valence-electron chi connectivity index (χ3n) is 3.91. The standard InChI is InChI=1S/C18H18ClNO2S.C2H6/c1-23-17-5-3-2-4-13(17)11-20-18(21)16-8-6-12-10-14(19)7-9-15(12)22-16;1-2/h2-5,7,9-10,16H,6,8,11H2,1H3,(H,20,21);1-2H3. The highest BCUT2D eigenvalue weighted by Gasteiger charge is 2.26. The first-order chi connectivity index (χ1) is 12.2. The summed E-state index contributed by atoms with van der Waals surface area (Å²) < 4.78 is 5.82. The molecule has 0 aliphatic carbocycles. The van der Waals surface area contributed by atoms with Crippen LogP contribution in [0.25, 0.3) is 0 Å². The zero-order valence-corrected chi connectivity index (χ0v) is 16.4. The summed E-state index contributed by atoms with van der Waals surface area (Å²) >= 11 is 7.66. The molecule has 3 rings (SSSR count). The van der Waals surface area contributed by atoms with Gasteiger partial charge in [-0.25, -0.2) is 0 Å². The molecule has 1 atom stereocenters. The molecule has 5 heteroatoms. The second kappa shape index (κ2) is 9.73. The minimum absolute atomic E-state index is 0.0680. The highest BCUT2D eigenvalue weighted by molar-refractivity contribution is 7.98. The van der Waals surface area contributed by atoms with E-state index in [1.807, 2.05) is 50.4 Å². The lowest BCUT2D eigenvalue weighted by molar-refractivity contribution is -0.128. The van der Waals surface area contributed by atoms with Crippen molar-refractivity contribution in [1.29, 1.82) is 0 Å². The topological polar surface area (TPSA) is 38.3 Å². The summed E-state index contributed by atoms with van der Waals surface area (Å²) in [4.78, 5) is 13.6. The Morgan fingerprint density at radius 3 is 2.80 bits per heavy atom. The zero-order valence-electron chi connectivity index (χ0n) is 14.8. The van der Waals surface area contributed by atoms with Crippen LogP contribution < -0.4 is 10.1 Å². The first-order valence-corrected chi connectivity index (χ1v) is 10.1. The predicted molar refractivity (Wildman–Crippen MR) is 106 cm³/mol. The molecule has 1 heterocycles. The quantitative estimate of drug-likeness (QED) is 0.753. The van der Waals surface area contributed by atoms with Crippen LogP contribution in [0.4, 0.5) is 0 Å². The molecule has 1 N–H and O–H groups in total. The van der Waals surface area contributed by atoms with Gasteiger partial charge >= 0.3 is 0 Å². The van der Waals surface area contributed by atoms with Crippen LogP contribution in [0.3, 0.4) is 0 Å². The maximum atomic E-state index is 12.4. The van der Waals surface area contributed by atoms with E-state index in [2.05, 4.69) is 11.4 Å². The lowest BCUT2D eigenvalue weighted by Crippen LogP contribution is -2.40. The second-order valence-corrected chi connectivity index (χ2v) is 6.71. The van der Waals surface area contributed by atoms with E-state index >= 15 is 0 Å². The van der Waals surface area contributed by atoms with Crippen molar-refractivity contribution < 1.29 is 9.53 Å². The van der Waals surface area contributed by atoms with Gasteiger partial charge in [-0.1, -0.05) is 43.6 Å². The van der Waals surface area contributed by atoms with Gasteiger partial charge in [0.25, 0.3) is 5.91 Å². The fourth-order valence-electron chi connectivity index (χ4n) is 2.69. The molecule has 25 heavy (non-hydrogen) atoms. The molecular formula is C20H24ClNO2S. The summed E-state index contributed by atoms with van der Waals surface area (Å²) in [6, 6.07) is 13.6. The van der Waals surface area contributed by atoms with Crippen molar-refractivity contribution >= 4 is 29.3 Å². The van der Waals surface area contributed by atoms with Gasteiger partial charge in [-0.2, -0.15) is 0 Å². The number of carbonyl (C=O) groups is 1. The zero-order chi connectivity index (χ0) is 18.2. The smallest absolute Gasteiger partial charge is 0.261 e. The van der Waals surface area contributed by atoms with E-state index in [9.17, 15) is 4.79 Å². The monoisotopic (exact) mass is 377 g/mol. The number of fused-ring (bicyclic) bond motifs is 1. The number of nitrogens with one attached hydrogen (secondary N) is 1. The predicted octanol–water partition coefficient (Wildman–Crippen LogP) is 5.10. The summed E-state index contributed by atoms with van der Waals surface area (Å²) in [5.41, 5.74) is 2.19. The molecule has 134 valence electrons. The number of amides is 1. The molecule has 0 spiro atoms. The van der Waals surface area contributed by atoms with Crippen LogP contribution in [0.5, 0.6) is 5.75 Å². The molecule has 3 nitrogen and oxygen atoms in total. The minimum atomic E-state index is -0.440. The maximum absolute atomic E-state index is 12.4. The molecule has 0 aromatic heterocycles. The van der Waals surface area contributed by atoms with Gasteiger partial charge < -0.3 is 10.1 Å². The van der Waals surface area contributed by atoms with Crippen molar-refractivity contribution in [1.82, 2.24) is 5.32 Å². The average Bonchev–Trinajstić information content (AvgIpc) is 2.67. The number of carbonyl (C=O) groups excluding carboxylic acids is 1. The molecular weight excluding hydrogens is 354 g/mol. The van der Waals surface area contributed by atoms with Crippen LogP contribution in [0, 0.1) is 0 Å². The summed E-state index contributed by atoms with van der Waals surface area (Å²) in [6.45, 7) is 4.52. The third kappa shape index (κ3) is 5.16. The summed E-state index contributed by atoms with van der Waals surface area (Å²) in [5, 5.41) is 3.68. The molecule has 1 aliphatic rings.